The van der Waals surface area contributed by atoms with Gasteiger partial charge >= 0.3 is 47.6 Å². The Morgan fingerprint density at radius 3 is 1.35 bits per heavy atom. The number of hydrogen-bond donors (Lipinski definition) is 0. The van der Waals surface area contributed by atoms with E-state index in [-0.39, 0.29) is 12.1 Å². The molecule has 0 aliphatic carbocycles. The summed E-state index contributed by atoms with van der Waals surface area (Å²) in [4.78, 5) is 0. The number of ether oxygens (including phenoxy) is 1. The maximum Gasteiger partial charge on any atom is 0.460 e. The molecule has 0 aliphatic heterocycles. The van der Waals surface area contributed by atoms with Crippen molar-refractivity contribution in [1.29, 1.82) is 0 Å². The Morgan fingerprint density at radius 2 is 1.00 bits per heavy atom. The molecule has 0 aliphatic rings. The fourth-order valence-corrected chi connectivity index (χ4v) is 2.61. The van der Waals surface area contributed by atoms with Crippen molar-refractivity contribution in [3.63, 3.8) is 0 Å². The van der Waals surface area contributed by atoms with Gasteiger partial charge in [0, 0.05) is 11.1 Å². The van der Waals surface area contributed by atoms with Crippen LogP contribution in [-0.4, -0.2) is 47.8 Å². The van der Waals surface area contributed by atoms with Crippen LogP contribution in [0.2, 0.25) is 0 Å². The third-order valence-corrected chi connectivity index (χ3v) is 4.68. The Balaban J connectivity index is 3.75. The van der Waals surface area contributed by atoms with Gasteiger partial charge in [-0.3, -0.25) is 0 Å². The lowest BCUT2D eigenvalue weighted by Crippen LogP contribution is -2.74. The molecule has 1 rings (SSSR count). The molecule has 0 N–H and O–H groups in total. The first-order valence-electron chi connectivity index (χ1n) is 9.24. The van der Waals surface area contributed by atoms with Crippen molar-refractivity contribution in [1.82, 2.24) is 0 Å². The highest BCUT2D eigenvalue weighted by Crippen LogP contribution is 2.65. The smallest absolute Gasteiger partial charge is 0.460 e. The topological polar surface area (TPSA) is 9.23 Å². The fourth-order valence-electron chi connectivity index (χ4n) is 2.61. The highest BCUT2D eigenvalue weighted by Gasteiger charge is 2.95. The van der Waals surface area contributed by atoms with Crippen LogP contribution >= 0.6 is 0 Å². The molecule has 37 heavy (non-hydrogen) atoms. The average molecular weight is 580 g/mol. The van der Waals surface area contributed by atoms with Gasteiger partial charge < -0.3 is 4.74 Å². The quantitative estimate of drug-likeness (QED) is 0.252. The van der Waals surface area contributed by atoms with Crippen LogP contribution in [-0.2, 0) is 5.92 Å². The van der Waals surface area contributed by atoms with E-state index in [1.54, 1.807) is 0 Å². The zero-order chi connectivity index (χ0) is 29.8. The lowest BCUT2D eigenvalue weighted by Gasteiger charge is -2.42. The van der Waals surface area contributed by atoms with Gasteiger partial charge in [-0.15, -0.1) is 0 Å². The Hall–Kier alpha value is -2.43. The molecule has 0 heterocycles. The van der Waals surface area contributed by atoms with Gasteiger partial charge in [0.2, 0.25) is 0 Å². The first-order chi connectivity index (χ1) is 16.1. The molecular weight excluding hydrogens is 567 g/mol. The molecule has 0 amide bonds. The third kappa shape index (κ3) is 4.57. The van der Waals surface area contributed by atoms with Crippen LogP contribution in [0.25, 0.3) is 6.08 Å². The van der Waals surface area contributed by atoms with Gasteiger partial charge in [0.05, 0.1) is 6.10 Å². The van der Waals surface area contributed by atoms with Crippen molar-refractivity contribution >= 4 is 6.08 Å². The molecule has 0 aromatic heterocycles. The highest BCUT2D eigenvalue weighted by atomic mass is 19.4. The van der Waals surface area contributed by atoms with Crippen LogP contribution in [0.1, 0.15) is 25.0 Å². The number of rotatable bonds is 10. The predicted octanol–water partition coefficient (Wildman–Crippen LogP) is 8.58. The summed E-state index contributed by atoms with van der Waals surface area (Å²) in [5, 5.41) is 0. The predicted molar refractivity (Wildman–Crippen MR) is 91.9 cm³/mol. The van der Waals surface area contributed by atoms with Crippen molar-refractivity contribution in [2.24, 2.45) is 0 Å². The second kappa shape index (κ2) is 9.10. The van der Waals surface area contributed by atoms with Crippen molar-refractivity contribution in [2.75, 3.05) is 0 Å². The van der Waals surface area contributed by atoms with E-state index in [9.17, 15) is 74.6 Å². The minimum Gasteiger partial charge on any atom is -0.490 e. The summed E-state index contributed by atoms with van der Waals surface area (Å²) in [7, 11) is 0. The Morgan fingerprint density at radius 1 is 0.622 bits per heavy atom. The molecule has 18 heteroatoms. The Kier molecular flexibility index (Phi) is 8.01. The van der Waals surface area contributed by atoms with E-state index in [1.165, 1.54) is 13.8 Å². The molecule has 0 bridgehead atoms. The van der Waals surface area contributed by atoms with Crippen LogP contribution in [0, 0.1) is 0 Å². The number of benzene rings is 1. The molecule has 0 fully saturated rings. The third-order valence-electron chi connectivity index (χ3n) is 4.68. The zero-order valence-corrected chi connectivity index (χ0v) is 17.9. The van der Waals surface area contributed by atoms with Crippen molar-refractivity contribution in [2.45, 2.75) is 67.6 Å². The zero-order valence-electron chi connectivity index (χ0n) is 17.9. The number of alkyl halides is 17. The van der Waals surface area contributed by atoms with E-state index in [1.807, 2.05) is 0 Å². The van der Waals surface area contributed by atoms with Crippen molar-refractivity contribution in [3.8, 4) is 5.75 Å². The van der Waals surface area contributed by atoms with Crippen LogP contribution in [0.15, 0.2) is 24.8 Å². The maximum absolute atomic E-state index is 14.4. The van der Waals surface area contributed by atoms with E-state index < -0.39 is 70.6 Å². The SMILES string of the molecule is C=Cc1cc(C(F)(F)C(F)(F)C(F)(F)C(F)(F)C(F)(F)C(F)(F)C(F)(F)C(F)(F)F)ccc1OC(C)C. The molecule has 1 nitrogen and oxygen atoms in total. The minimum atomic E-state index is -8.66. The first kappa shape index (κ1) is 32.6. The van der Waals surface area contributed by atoms with Gasteiger partial charge in [-0.05, 0) is 32.0 Å². The fraction of sp³-hybridized carbons (Fsp3) is 0.579. The minimum absolute atomic E-state index is 0.114. The van der Waals surface area contributed by atoms with E-state index in [4.69, 9.17) is 4.74 Å². The number of halogens is 17. The number of hydrogen-bond acceptors (Lipinski definition) is 1. The average Bonchev–Trinajstić information content (AvgIpc) is 2.71. The largest absolute Gasteiger partial charge is 0.490 e. The molecule has 0 saturated carbocycles. The van der Waals surface area contributed by atoms with Gasteiger partial charge in [-0.1, -0.05) is 12.7 Å². The summed E-state index contributed by atoms with van der Waals surface area (Å²) < 4.78 is 233. The summed E-state index contributed by atoms with van der Waals surface area (Å²) in [6.07, 6.45) is -7.90. The summed E-state index contributed by atoms with van der Waals surface area (Å²) in [5.41, 5.74) is -2.99. The molecule has 0 unspecified atom stereocenters. The molecular formula is C19H13F17O. The summed E-state index contributed by atoms with van der Waals surface area (Å²) >= 11 is 0. The second-order valence-electron chi connectivity index (χ2n) is 7.64. The van der Waals surface area contributed by atoms with Crippen LogP contribution in [0.4, 0.5) is 74.6 Å². The molecule has 214 valence electrons. The van der Waals surface area contributed by atoms with Crippen molar-refractivity contribution in [3.05, 3.63) is 35.9 Å². The lowest BCUT2D eigenvalue weighted by atomic mass is 9.87. The van der Waals surface area contributed by atoms with Gasteiger partial charge in [-0.2, -0.15) is 74.6 Å². The van der Waals surface area contributed by atoms with E-state index in [0.29, 0.717) is 12.1 Å². The van der Waals surface area contributed by atoms with Crippen LogP contribution in [0.3, 0.4) is 0 Å². The monoisotopic (exact) mass is 580 g/mol. The van der Waals surface area contributed by atoms with E-state index in [0.717, 1.165) is 0 Å². The standard InChI is InChI=1S/C19H13F17O/c1-4-9-7-10(5-6-11(9)37-8(2)3)12(20,21)13(22,23)14(24,25)15(26,27)16(28,29)17(30,31)18(32,33)19(34,35)36/h4-8H,1H2,2-3H3. The molecule has 0 radical (unpaired) electrons. The second-order valence-corrected chi connectivity index (χ2v) is 7.64. The first-order valence-corrected chi connectivity index (χ1v) is 9.24. The molecule has 1 aromatic rings. The summed E-state index contributed by atoms with van der Waals surface area (Å²) in [5.74, 6) is -57.2. The Bertz CT molecular complexity index is 991. The molecule has 1 aromatic carbocycles. The molecule has 0 atom stereocenters. The van der Waals surface area contributed by atoms with Crippen LogP contribution < -0.4 is 4.74 Å². The normalized spacial score (nSPS) is 15.2. The van der Waals surface area contributed by atoms with E-state index in [2.05, 4.69) is 6.58 Å². The van der Waals surface area contributed by atoms with E-state index >= 15 is 0 Å². The molecule has 0 saturated heterocycles. The van der Waals surface area contributed by atoms with Gasteiger partial charge in [0.15, 0.2) is 0 Å². The molecule has 0 spiro atoms. The van der Waals surface area contributed by atoms with Crippen molar-refractivity contribution < 1.29 is 79.4 Å². The van der Waals surface area contributed by atoms with Gasteiger partial charge in [-0.25, -0.2) is 0 Å². The van der Waals surface area contributed by atoms with Crippen LogP contribution in [0.5, 0.6) is 5.75 Å². The Labute approximate surface area is 195 Å². The highest BCUT2D eigenvalue weighted by molar-refractivity contribution is 5.57. The summed E-state index contributed by atoms with van der Waals surface area (Å²) in [6, 6.07) is 0.147. The van der Waals surface area contributed by atoms with Gasteiger partial charge in [0.25, 0.3) is 0 Å². The maximum atomic E-state index is 14.4. The lowest BCUT2D eigenvalue weighted by molar-refractivity contribution is -0.462. The van der Waals surface area contributed by atoms with Gasteiger partial charge in [0.1, 0.15) is 5.75 Å². The summed E-state index contributed by atoms with van der Waals surface area (Å²) in [6.45, 7) is 5.78.